The Morgan fingerprint density at radius 2 is 1.82 bits per heavy atom. The van der Waals surface area contributed by atoms with E-state index < -0.39 is 31.2 Å². The summed E-state index contributed by atoms with van der Waals surface area (Å²) in [6, 6.07) is 14.4. The highest BCUT2D eigenvalue weighted by atomic mass is 35.5. The van der Waals surface area contributed by atoms with Gasteiger partial charge in [0.1, 0.15) is 6.54 Å². The molecule has 2 aromatic carbocycles. The van der Waals surface area contributed by atoms with Crippen LogP contribution in [0.4, 0.5) is 13.2 Å². The van der Waals surface area contributed by atoms with Crippen molar-refractivity contribution in [2.45, 2.75) is 19.0 Å². The minimum Gasteiger partial charge on any atom is -0.452 e. The van der Waals surface area contributed by atoms with E-state index in [-0.39, 0.29) is 5.56 Å². The van der Waals surface area contributed by atoms with Crippen LogP contribution < -0.4 is 5.32 Å². The second kappa shape index (κ2) is 9.23. The van der Waals surface area contributed by atoms with Crippen LogP contribution in [0, 0.1) is 0 Å². The zero-order chi connectivity index (χ0) is 23.6. The van der Waals surface area contributed by atoms with Crippen LogP contribution >= 0.6 is 11.6 Å². The van der Waals surface area contributed by atoms with Crippen LogP contribution in [0.15, 0.2) is 48.5 Å². The van der Waals surface area contributed by atoms with Crippen LogP contribution in [0.1, 0.15) is 33.6 Å². The molecule has 4 rings (SSSR count). The Morgan fingerprint density at radius 3 is 2.58 bits per heavy atom. The van der Waals surface area contributed by atoms with Gasteiger partial charge >= 0.3 is 12.1 Å². The van der Waals surface area contributed by atoms with Crippen molar-refractivity contribution < 1.29 is 27.5 Å². The first-order valence-corrected chi connectivity index (χ1v) is 10.5. The predicted molar refractivity (Wildman–Crippen MR) is 119 cm³/mol. The number of benzene rings is 2. The number of hydrogen-bond donors (Lipinski definition) is 1. The molecule has 0 fully saturated rings. The zero-order valence-electron chi connectivity index (χ0n) is 17.2. The second-order valence-corrected chi connectivity index (χ2v) is 7.90. The maximum Gasteiger partial charge on any atom is 0.405 e. The minimum atomic E-state index is -4.55. The summed E-state index contributed by atoms with van der Waals surface area (Å²) >= 11 is 6.28. The third kappa shape index (κ3) is 5.17. The molecule has 1 N–H and O–H groups in total. The normalized spacial score (nSPS) is 14.4. The van der Waals surface area contributed by atoms with Crippen LogP contribution in [0.2, 0.25) is 5.02 Å². The van der Waals surface area contributed by atoms with E-state index in [9.17, 15) is 22.8 Å². The van der Waals surface area contributed by atoms with Gasteiger partial charge in [-0.15, -0.1) is 0 Å². The molecule has 0 saturated heterocycles. The van der Waals surface area contributed by atoms with E-state index in [2.05, 4.69) is 0 Å². The van der Waals surface area contributed by atoms with E-state index >= 15 is 0 Å². The van der Waals surface area contributed by atoms with Crippen LogP contribution in [0.3, 0.4) is 0 Å². The molecule has 0 radical (unpaired) electrons. The van der Waals surface area contributed by atoms with E-state index in [0.717, 1.165) is 11.1 Å². The van der Waals surface area contributed by atoms with Crippen molar-refractivity contribution in [2.75, 3.05) is 13.2 Å². The molecular formula is C24H18ClF3N2O3. The van der Waals surface area contributed by atoms with Crippen molar-refractivity contribution in [1.82, 2.24) is 10.3 Å². The first-order chi connectivity index (χ1) is 15.7. The summed E-state index contributed by atoms with van der Waals surface area (Å²) in [6.45, 7) is -2.31. The van der Waals surface area contributed by atoms with Crippen molar-refractivity contribution in [2.24, 2.45) is 0 Å². The standard InChI is InChI=1S/C24H18ClF3N2O3/c25-18-7-3-1-5-14(18)11-15-9-10-17-21(16-6-2-4-8-19(16)30-22(15)17)23(32)33-12-20(31)29-13-24(26,27)28/h1-8,11H,9-10,12-13H2,(H,29,31). The van der Waals surface area contributed by atoms with Crippen molar-refractivity contribution in [3.63, 3.8) is 0 Å². The average molecular weight is 475 g/mol. The topological polar surface area (TPSA) is 68.3 Å². The molecular weight excluding hydrogens is 457 g/mol. The number of para-hydroxylation sites is 1. The predicted octanol–water partition coefficient (Wildman–Crippen LogP) is 5.21. The van der Waals surface area contributed by atoms with Gasteiger partial charge in [-0.05, 0) is 47.8 Å². The van der Waals surface area contributed by atoms with Crippen molar-refractivity contribution >= 4 is 46.0 Å². The maximum absolute atomic E-state index is 13.0. The third-order valence-electron chi connectivity index (χ3n) is 5.20. The van der Waals surface area contributed by atoms with Gasteiger partial charge in [0.25, 0.3) is 5.91 Å². The van der Waals surface area contributed by atoms with Gasteiger partial charge in [0.15, 0.2) is 6.61 Å². The number of nitrogens with zero attached hydrogens (tertiary/aromatic N) is 1. The molecule has 1 aliphatic rings. The number of pyridine rings is 1. The molecule has 0 spiro atoms. The number of allylic oxidation sites excluding steroid dienone is 1. The monoisotopic (exact) mass is 474 g/mol. The van der Waals surface area contributed by atoms with Gasteiger partial charge in [-0.3, -0.25) is 4.79 Å². The van der Waals surface area contributed by atoms with Gasteiger partial charge in [0.05, 0.1) is 16.8 Å². The van der Waals surface area contributed by atoms with Crippen molar-refractivity contribution in [3.8, 4) is 0 Å². The lowest BCUT2D eigenvalue weighted by Crippen LogP contribution is -2.36. The Bertz CT molecular complexity index is 1270. The number of aromatic nitrogens is 1. The van der Waals surface area contributed by atoms with Gasteiger partial charge in [0, 0.05) is 10.4 Å². The molecule has 5 nitrogen and oxygen atoms in total. The lowest BCUT2D eigenvalue weighted by Gasteiger charge is -2.13. The van der Waals surface area contributed by atoms with E-state index in [1.807, 2.05) is 24.3 Å². The number of halogens is 4. The molecule has 3 aromatic rings. The van der Waals surface area contributed by atoms with Crippen molar-refractivity contribution in [1.29, 1.82) is 0 Å². The average Bonchev–Trinajstić information content (AvgIpc) is 3.17. The fourth-order valence-electron chi connectivity index (χ4n) is 3.75. The Balaban J connectivity index is 1.66. The fraction of sp³-hybridized carbons (Fsp3) is 0.208. The zero-order valence-corrected chi connectivity index (χ0v) is 18.0. The maximum atomic E-state index is 13.0. The van der Waals surface area contributed by atoms with Gasteiger partial charge < -0.3 is 10.1 Å². The number of ether oxygens (including phenoxy) is 1. The summed E-state index contributed by atoms with van der Waals surface area (Å²) in [4.78, 5) is 29.4. The highest BCUT2D eigenvalue weighted by molar-refractivity contribution is 6.32. The summed E-state index contributed by atoms with van der Waals surface area (Å²) in [5, 5.41) is 2.82. The molecule has 1 amide bonds. The van der Waals surface area contributed by atoms with Crippen LogP contribution in [-0.4, -0.2) is 36.2 Å². The lowest BCUT2D eigenvalue weighted by molar-refractivity contribution is -0.140. The van der Waals surface area contributed by atoms with Crippen LogP contribution in [0.25, 0.3) is 22.6 Å². The van der Waals surface area contributed by atoms with Crippen LogP contribution in [0.5, 0.6) is 0 Å². The number of hydrogen-bond acceptors (Lipinski definition) is 4. The number of fused-ring (bicyclic) bond motifs is 2. The molecule has 1 aromatic heterocycles. The molecule has 1 heterocycles. The fourth-order valence-corrected chi connectivity index (χ4v) is 3.94. The minimum absolute atomic E-state index is 0.266. The summed E-state index contributed by atoms with van der Waals surface area (Å²) in [5.74, 6) is -1.82. The number of carbonyl (C=O) groups excluding carboxylic acids is 2. The Hall–Kier alpha value is -3.39. The molecule has 0 saturated carbocycles. The quantitative estimate of drug-likeness (QED) is 0.515. The number of alkyl halides is 3. The van der Waals surface area contributed by atoms with Gasteiger partial charge in [-0.2, -0.15) is 13.2 Å². The molecule has 9 heteroatoms. The highest BCUT2D eigenvalue weighted by Gasteiger charge is 2.29. The van der Waals surface area contributed by atoms with E-state index in [0.29, 0.717) is 40.0 Å². The Kier molecular flexibility index (Phi) is 6.37. The number of nitrogens with one attached hydrogen (secondary N) is 1. The van der Waals surface area contributed by atoms with Gasteiger partial charge in [0.2, 0.25) is 0 Å². The summed E-state index contributed by atoms with van der Waals surface area (Å²) in [7, 11) is 0. The summed E-state index contributed by atoms with van der Waals surface area (Å²) in [5.41, 5.74) is 3.87. The van der Waals surface area contributed by atoms with Crippen molar-refractivity contribution in [3.05, 3.63) is 75.9 Å². The second-order valence-electron chi connectivity index (χ2n) is 7.49. The molecule has 0 unspecified atom stereocenters. The molecule has 0 aliphatic heterocycles. The Labute approximate surface area is 192 Å². The molecule has 1 aliphatic carbocycles. The largest absolute Gasteiger partial charge is 0.452 e. The molecule has 33 heavy (non-hydrogen) atoms. The molecule has 170 valence electrons. The Morgan fingerprint density at radius 1 is 1.09 bits per heavy atom. The smallest absolute Gasteiger partial charge is 0.405 e. The highest BCUT2D eigenvalue weighted by Crippen LogP contribution is 2.38. The van der Waals surface area contributed by atoms with E-state index in [1.165, 1.54) is 0 Å². The molecule has 0 bridgehead atoms. The molecule has 0 atom stereocenters. The van der Waals surface area contributed by atoms with E-state index in [4.69, 9.17) is 21.3 Å². The first kappa shape index (κ1) is 22.8. The lowest BCUT2D eigenvalue weighted by atomic mass is 10.0. The third-order valence-corrected chi connectivity index (χ3v) is 5.55. The van der Waals surface area contributed by atoms with E-state index in [1.54, 1.807) is 35.6 Å². The first-order valence-electron chi connectivity index (χ1n) is 10.1. The van der Waals surface area contributed by atoms with Crippen LogP contribution in [-0.2, 0) is 16.0 Å². The van der Waals surface area contributed by atoms with Gasteiger partial charge in [-0.25, -0.2) is 9.78 Å². The number of esters is 1. The number of rotatable bonds is 5. The number of carbonyl (C=O) groups is 2. The summed E-state index contributed by atoms with van der Waals surface area (Å²) < 4.78 is 41.9. The SMILES string of the molecule is O=C(COC(=O)c1c2c(nc3ccccc13)C(=Cc1ccccc1Cl)CC2)NCC(F)(F)F. The van der Waals surface area contributed by atoms with Gasteiger partial charge in [-0.1, -0.05) is 48.0 Å². The number of amides is 1. The summed E-state index contributed by atoms with van der Waals surface area (Å²) in [6.07, 6.45) is -1.48.